The molecule has 4 fully saturated rings. The van der Waals surface area contributed by atoms with E-state index in [9.17, 15) is 19.8 Å². The van der Waals surface area contributed by atoms with E-state index >= 15 is 0 Å². The molecule has 0 spiro atoms. The molecule has 0 aromatic carbocycles. The molecule has 41 heavy (non-hydrogen) atoms. The van der Waals surface area contributed by atoms with Crippen LogP contribution in [0, 0.1) is 28.6 Å². The first kappa shape index (κ1) is 29.3. The normalized spacial score (nSPS) is 49.2. The summed E-state index contributed by atoms with van der Waals surface area (Å²) in [4.78, 5) is 23.7. The van der Waals surface area contributed by atoms with Crippen molar-refractivity contribution in [2.45, 2.75) is 121 Å². The Balaban J connectivity index is 1.19. The molecule has 0 unspecified atom stereocenters. The van der Waals surface area contributed by atoms with E-state index in [1.807, 2.05) is 0 Å². The van der Waals surface area contributed by atoms with Gasteiger partial charge in [0.05, 0.1) is 17.8 Å². The molecule has 0 bridgehead atoms. The Morgan fingerprint density at radius 1 is 1.10 bits per heavy atom. The van der Waals surface area contributed by atoms with Crippen molar-refractivity contribution in [3.8, 4) is 0 Å². The van der Waals surface area contributed by atoms with Crippen LogP contribution in [0.25, 0.3) is 0 Å². The lowest BCUT2D eigenvalue weighted by molar-refractivity contribution is -0.314. The first-order valence-corrected chi connectivity index (χ1v) is 15.4. The zero-order valence-corrected chi connectivity index (χ0v) is 25.0. The number of hydrogen-bond acceptors (Lipinski definition) is 9. The fourth-order valence-electron chi connectivity index (χ4n) is 9.64. The number of cyclic esters (lactones) is 1. The average Bonchev–Trinajstić information content (AvgIpc) is 3.46. The molecule has 12 atom stereocenters. The number of carbonyl (C=O) groups is 2. The third-order valence-electron chi connectivity index (χ3n) is 12.0. The highest BCUT2D eigenvalue weighted by Gasteiger charge is 2.65. The Kier molecular flexibility index (Phi) is 7.46. The van der Waals surface area contributed by atoms with E-state index in [1.54, 1.807) is 13.0 Å². The summed E-state index contributed by atoms with van der Waals surface area (Å²) in [6, 6.07) is 0. The molecule has 3 saturated carbocycles. The minimum Gasteiger partial charge on any atom is -0.458 e. The van der Waals surface area contributed by atoms with E-state index < -0.39 is 42.3 Å². The fourth-order valence-corrected chi connectivity index (χ4v) is 9.64. The summed E-state index contributed by atoms with van der Waals surface area (Å²) >= 11 is 0. The highest BCUT2D eigenvalue weighted by Crippen LogP contribution is 2.68. The van der Waals surface area contributed by atoms with E-state index in [4.69, 9.17) is 23.7 Å². The van der Waals surface area contributed by atoms with Crippen LogP contribution in [0.3, 0.4) is 0 Å². The van der Waals surface area contributed by atoms with Crippen LogP contribution in [-0.2, 0) is 33.3 Å². The maximum Gasteiger partial charge on any atom is 0.331 e. The minimum atomic E-state index is -0.934. The fraction of sp³-hybridized carbons (Fsp3) is 0.812. The van der Waals surface area contributed by atoms with Gasteiger partial charge in [-0.2, -0.15) is 0 Å². The molecule has 0 aromatic rings. The third-order valence-corrected chi connectivity index (χ3v) is 12.0. The first-order chi connectivity index (χ1) is 19.4. The second-order valence-corrected chi connectivity index (χ2v) is 13.9. The van der Waals surface area contributed by atoms with Gasteiger partial charge in [0.1, 0.15) is 18.8 Å². The first-order valence-electron chi connectivity index (χ1n) is 15.4. The van der Waals surface area contributed by atoms with E-state index in [0.29, 0.717) is 18.4 Å². The molecule has 9 heteroatoms. The molecule has 0 aromatic heterocycles. The number of aliphatic hydroxyl groups is 2. The lowest BCUT2D eigenvalue weighted by Gasteiger charge is -2.60. The number of esters is 2. The summed E-state index contributed by atoms with van der Waals surface area (Å²) in [6.07, 6.45) is 7.08. The van der Waals surface area contributed by atoms with Gasteiger partial charge >= 0.3 is 11.9 Å². The molecule has 9 nitrogen and oxygen atoms in total. The smallest absolute Gasteiger partial charge is 0.331 e. The van der Waals surface area contributed by atoms with Crippen molar-refractivity contribution in [3.63, 3.8) is 0 Å². The molecule has 228 valence electrons. The van der Waals surface area contributed by atoms with Crippen LogP contribution in [0.4, 0.5) is 0 Å². The third kappa shape index (κ3) is 4.53. The van der Waals surface area contributed by atoms with Crippen molar-refractivity contribution in [2.75, 3.05) is 13.7 Å². The molecule has 6 rings (SSSR count). The lowest BCUT2D eigenvalue weighted by atomic mass is 9.46. The van der Waals surface area contributed by atoms with Crippen molar-refractivity contribution in [2.24, 2.45) is 28.6 Å². The SMILES string of the molecule is CO[C@H]1[C@H](O)[C@@H](C)O[C@H](O[C@H]2CC[C@@]3(C)[C@H](CC=C4[C@@H]3CC[C@]3(C)[C@@H](C5=CC(=O)OC5)CC[C@]43O)C2)[C@@H]1OC(C)=O. The van der Waals surface area contributed by atoms with Crippen molar-refractivity contribution >= 4 is 11.9 Å². The van der Waals surface area contributed by atoms with Gasteiger partial charge in [0, 0.05) is 25.5 Å². The van der Waals surface area contributed by atoms with Crippen molar-refractivity contribution < 1.29 is 43.5 Å². The van der Waals surface area contributed by atoms with Crippen LogP contribution in [0.1, 0.15) is 79.1 Å². The Bertz CT molecular complexity index is 1130. The number of methoxy groups -OCH3 is 1. The standard InChI is InChI=1S/C32H46O9/c1-17-26(35)27(37-5)28(40-18(2)33)29(39-17)41-21-8-11-30(3)20(15-21)6-7-24-23(30)9-12-31(4)22(10-13-32(24,31)36)19-14-25(34)38-16-19/h7,14,17,20-23,26-29,35-36H,6,8-13,15-16H2,1-5H3/t17-,20-,21+,22-,23+,26-,27+,28-,29-,30+,31-,32+/m1/s1. The molecule has 2 N–H and O–H groups in total. The molecule has 4 aliphatic carbocycles. The molecular weight excluding hydrogens is 528 g/mol. The molecule has 2 heterocycles. The van der Waals surface area contributed by atoms with Gasteiger partial charge in [0.2, 0.25) is 0 Å². The number of ether oxygens (including phenoxy) is 5. The molecule has 6 aliphatic rings. The predicted octanol–water partition coefficient (Wildman–Crippen LogP) is 3.60. The number of fused-ring (bicyclic) bond motifs is 5. The maximum absolute atomic E-state index is 12.4. The van der Waals surface area contributed by atoms with Crippen molar-refractivity contribution in [1.82, 2.24) is 0 Å². The van der Waals surface area contributed by atoms with E-state index in [0.717, 1.165) is 56.9 Å². The zero-order chi connectivity index (χ0) is 29.3. The lowest BCUT2D eigenvalue weighted by Crippen LogP contribution is -2.60. The maximum atomic E-state index is 12.4. The van der Waals surface area contributed by atoms with Gasteiger partial charge < -0.3 is 33.9 Å². The van der Waals surface area contributed by atoms with Crippen LogP contribution in [0.5, 0.6) is 0 Å². The summed E-state index contributed by atoms with van der Waals surface area (Å²) in [5, 5.41) is 23.0. The summed E-state index contributed by atoms with van der Waals surface area (Å²) in [5.41, 5.74) is 1.13. The van der Waals surface area contributed by atoms with Crippen LogP contribution in [-0.4, -0.2) is 78.3 Å². The Morgan fingerprint density at radius 2 is 1.85 bits per heavy atom. The van der Waals surface area contributed by atoms with Gasteiger partial charge in [-0.15, -0.1) is 0 Å². The number of carbonyl (C=O) groups excluding carboxylic acids is 2. The van der Waals surface area contributed by atoms with Crippen LogP contribution in [0.2, 0.25) is 0 Å². The zero-order valence-electron chi connectivity index (χ0n) is 25.0. The van der Waals surface area contributed by atoms with E-state index in [1.165, 1.54) is 19.6 Å². The number of aliphatic hydroxyl groups excluding tert-OH is 1. The van der Waals surface area contributed by atoms with Crippen LogP contribution < -0.4 is 0 Å². The topological polar surface area (TPSA) is 121 Å². The second kappa shape index (κ2) is 10.4. The summed E-state index contributed by atoms with van der Waals surface area (Å²) in [7, 11) is 1.49. The second-order valence-electron chi connectivity index (χ2n) is 13.9. The van der Waals surface area contributed by atoms with Crippen LogP contribution >= 0.6 is 0 Å². The highest BCUT2D eigenvalue weighted by molar-refractivity contribution is 5.85. The largest absolute Gasteiger partial charge is 0.458 e. The molecule has 1 saturated heterocycles. The summed E-state index contributed by atoms with van der Waals surface area (Å²) < 4.78 is 28.8. The van der Waals surface area contributed by atoms with Gasteiger partial charge in [-0.3, -0.25) is 4.79 Å². The Hall–Kier alpha value is -1.78. The van der Waals surface area contributed by atoms with Crippen molar-refractivity contribution in [3.05, 3.63) is 23.3 Å². The van der Waals surface area contributed by atoms with Gasteiger partial charge in [-0.05, 0) is 92.6 Å². The number of hydrogen-bond donors (Lipinski definition) is 2. The monoisotopic (exact) mass is 574 g/mol. The molecule has 0 amide bonds. The quantitative estimate of drug-likeness (QED) is 0.375. The Labute approximate surface area is 242 Å². The molecule has 2 aliphatic heterocycles. The van der Waals surface area contributed by atoms with Gasteiger partial charge in [-0.1, -0.05) is 19.9 Å². The van der Waals surface area contributed by atoms with Gasteiger partial charge in [0.15, 0.2) is 12.4 Å². The predicted molar refractivity (Wildman–Crippen MR) is 147 cm³/mol. The summed E-state index contributed by atoms with van der Waals surface area (Å²) in [6.45, 7) is 8.07. The van der Waals surface area contributed by atoms with E-state index in [-0.39, 0.29) is 28.8 Å². The molecular formula is C32H46O9. The summed E-state index contributed by atoms with van der Waals surface area (Å²) in [5.74, 6) is 0.118. The van der Waals surface area contributed by atoms with E-state index in [2.05, 4.69) is 19.9 Å². The van der Waals surface area contributed by atoms with Crippen LogP contribution in [0.15, 0.2) is 23.3 Å². The Morgan fingerprint density at radius 3 is 2.54 bits per heavy atom. The minimum absolute atomic E-state index is 0.0477. The van der Waals surface area contributed by atoms with Gasteiger partial charge in [0.25, 0.3) is 0 Å². The van der Waals surface area contributed by atoms with Gasteiger partial charge in [-0.25, -0.2) is 4.79 Å². The number of allylic oxidation sites excluding steroid dienone is 1. The molecule has 0 radical (unpaired) electrons. The van der Waals surface area contributed by atoms with Crippen molar-refractivity contribution in [1.29, 1.82) is 0 Å². The number of rotatable bonds is 5. The highest BCUT2D eigenvalue weighted by atomic mass is 16.7. The average molecular weight is 575 g/mol.